The number of hydrogen-bond donors (Lipinski definition) is 0. The minimum absolute atomic E-state index is 0.195. The van der Waals surface area contributed by atoms with Gasteiger partial charge < -0.3 is 4.74 Å². The number of esters is 1. The van der Waals surface area contributed by atoms with E-state index in [-0.39, 0.29) is 12.3 Å². The highest BCUT2D eigenvalue weighted by atomic mass is 19.1. The summed E-state index contributed by atoms with van der Waals surface area (Å²) in [7, 11) is 1.40. The van der Waals surface area contributed by atoms with E-state index >= 15 is 0 Å². The third-order valence-corrected chi connectivity index (χ3v) is 3.24. The van der Waals surface area contributed by atoms with Gasteiger partial charge in [0, 0.05) is 18.0 Å². The average molecular weight is 301 g/mol. The molecule has 7 nitrogen and oxygen atoms in total. The van der Waals surface area contributed by atoms with Gasteiger partial charge in [-0.05, 0) is 13.3 Å². The fraction of sp³-hybridized carbons (Fsp3) is 0.692. The Balaban J connectivity index is 3.12. The standard InChI is InChI=1S/C13H20FN3O4/c1-4-6-9(13(18)21-5-2)10(8-17(19)20)11-7-12(14)16(3)15-11/h7,9-10H,4-6,8H2,1-3H3/t9?,10-/m0/s1. The molecule has 0 spiro atoms. The number of nitrogens with zero attached hydrogens (tertiary/aromatic N) is 3. The number of rotatable bonds is 8. The summed E-state index contributed by atoms with van der Waals surface area (Å²) >= 11 is 0. The molecular formula is C13H20FN3O4. The van der Waals surface area contributed by atoms with Crippen LogP contribution in [-0.2, 0) is 16.6 Å². The van der Waals surface area contributed by atoms with Crippen molar-refractivity contribution >= 4 is 5.97 Å². The zero-order valence-electron chi connectivity index (χ0n) is 12.4. The fourth-order valence-corrected chi connectivity index (χ4v) is 2.28. The second kappa shape index (κ2) is 7.70. The molecule has 21 heavy (non-hydrogen) atoms. The molecule has 1 heterocycles. The second-order valence-corrected chi connectivity index (χ2v) is 4.78. The van der Waals surface area contributed by atoms with Crippen LogP contribution in [0.2, 0.25) is 0 Å². The Kier molecular flexibility index (Phi) is 6.26. The van der Waals surface area contributed by atoms with Crippen molar-refractivity contribution in [1.29, 1.82) is 0 Å². The summed E-state index contributed by atoms with van der Waals surface area (Å²) in [5.41, 5.74) is 0.207. The summed E-state index contributed by atoms with van der Waals surface area (Å²) in [5.74, 6) is -2.60. The summed E-state index contributed by atoms with van der Waals surface area (Å²) in [6, 6.07) is 1.13. The maximum absolute atomic E-state index is 13.4. The topological polar surface area (TPSA) is 87.3 Å². The van der Waals surface area contributed by atoms with E-state index < -0.39 is 35.2 Å². The molecule has 0 bridgehead atoms. The van der Waals surface area contributed by atoms with Crippen LogP contribution in [0.3, 0.4) is 0 Å². The molecule has 0 aliphatic carbocycles. The molecule has 1 unspecified atom stereocenters. The van der Waals surface area contributed by atoms with Crippen LogP contribution in [0, 0.1) is 22.0 Å². The Hall–Kier alpha value is -1.99. The lowest BCUT2D eigenvalue weighted by atomic mass is 9.86. The van der Waals surface area contributed by atoms with Crippen molar-refractivity contribution in [1.82, 2.24) is 9.78 Å². The molecule has 118 valence electrons. The summed E-state index contributed by atoms with van der Waals surface area (Å²) in [4.78, 5) is 22.4. The van der Waals surface area contributed by atoms with Crippen LogP contribution in [0.15, 0.2) is 6.07 Å². The summed E-state index contributed by atoms with van der Waals surface area (Å²) < 4.78 is 19.4. The van der Waals surface area contributed by atoms with Crippen LogP contribution >= 0.6 is 0 Å². The van der Waals surface area contributed by atoms with Crippen molar-refractivity contribution in [2.75, 3.05) is 13.2 Å². The van der Waals surface area contributed by atoms with E-state index in [0.29, 0.717) is 12.8 Å². The molecule has 1 aromatic heterocycles. The SMILES string of the molecule is CCCC(C(=O)OCC)[C@H](C[N+](=O)[O-])c1cc(F)n(C)n1. The highest BCUT2D eigenvalue weighted by Crippen LogP contribution is 2.29. The van der Waals surface area contributed by atoms with Crippen molar-refractivity contribution in [3.63, 3.8) is 0 Å². The first-order chi connectivity index (χ1) is 9.90. The Morgan fingerprint density at radius 2 is 2.24 bits per heavy atom. The first-order valence-electron chi connectivity index (χ1n) is 6.88. The van der Waals surface area contributed by atoms with Crippen LogP contribution in [0.25, 0.3) is 0 Å². The van der Waals surface area contributed by atoms with E-state index in [0.717, 1.165) is 10.7 Å². The van der Waals surface area contributed by atoms with Gasteiger partial charge in [-0.15, -0.1) is 0 Å². The molecule has 0 N–H and O–H groups in total. The van der Waals surface area contributed by atoms with E-state index in [4.69, 9.17) is 4.74 Å². The van der Waals surface area contributed by atoms with Crippen molar-refractivity contribution in [2.24, 2.45) is 13.0 Å². The van der Waals surface area contributed by atoms with E-state index in [1.54, 1.807) is 6.92 Å². The summed E-state index contributed by atoms with van der Waals surface area (Å²) in [6.07, 6.45) is 1.09. The predicted molar refractivity (Wildman–Crippen MR) is 72.8 cm³/mol. The molecule has 0 amide bonds. The molecule has 8 heteroatoms. The zero-order chi connectivity index (χ0) is 16.0. The number of nitro groups is 1. The molecule has 0 saturated heterocycles. The largest absolute Gasteiger partial charge is 0.466 e. The minimum atomic E-state index is -0.797. The highest BCUT2D eigenvalue weighted by Gasteiger charge is 2.35. The van der Waals surface area contributed by atoms with Gasteiger partial charge in [-0.2, -0.15) is 9.49 Å². The molecule has 1 aromatic rings. The lowest BCUT2D eigenvalue weighted by molar-refractivity contribution is -0.484. The maximum atomic E-state index is 13.4. The fourth-order valence-electron chi connectivity index (χ4n) is 2.28. The highest BCUT2D eigenvalue weighted by molar-refractivity contribution is 5.73. The van der Waals surface area contributed by atoms with Crippen LogP contribution in [0.5, 0.6) is 0 Å². The van der Waals surface area contributed by atoms with Gasteiger partial charge in [0.2, 0.25) is 12.5 Å². The predicted octanol–water partition coefficient (Wildman–Crippen LogP) is 1.90. The van der Waals surface area contributed by atoms with Crippen LogP contribution in [-0.4, -0.2) is 33.8 Å². The van der Waals surface area contributed by atoms with Crippen molar-refractivity contribution in [2.45, 2.75) is 32.6 Å². The molecule has 0 aromatic carbocycles. The first kappa shape index (κ1) is 17.1. The third kappa shape index (κ3) is 4.51. The van der Waals surface area contributed by atoms with Gasteiger partial charge in [0.25, 0.3) is 0 Å². The second-order valence-electron chi connectivity index (χ2n) is 4.78. The van der Waals surface area contributed by atoms with Gasteiger partial charge in [-0.25, -0.2) is 4.68 Å². The van der Waals surface area contributed by atoms with E-state index in [2.05, 4.69) is 5.10 Å². The molecular weight excluding hydrogens is 281 g/mol. The lowest BCUT2D eigenvalue weighted by Gasteiger charge is -2.20. The Labute approximate surface area is 122 Å². The number of aryl methyl sites for hydroxylation is 1. The van der Waals surface area contributed by atoms with Gasteiger partial charge in [-0.1, -0.05) is 13.3 Å². The van der Waals surface area contributed by atoms with Crippen LogP contribution in [0.4, 0.5) is 4.39 Å². The number of hydrogen-bond acceptors (Lipinski definition) is 5. The first-order valence-corrected chi connectivity index (χ1v) is 6.88. The average Bonchev–Trinajstić information content (AvgIpc) is 2.73. The third-order valence-electron chi connectivity index (χ3n) is 3.24. The Morgan fingerprint density at radius 1 is 1.57 bits per heavy atom. The van der Waals surface area contributed by atoms with E-state index in [1.165, 1.54) is 7.05 Å². The minimum Gasteiger partial charge on any atom is -0.466 e. The number of ether oxygens (including phenoxy) is 1. The number of aromatic nitrogens is 2. The van der Waals surface area contributed by atoms with Gasteiger partial charge in [0.1, 0.15) is 0 Å². The molecule has 0 fully saturated rings. The van der Waals surface area contributed by atoms with E-state index in [9.17, 15) is 19.3 Å². The molecule has 2 atom stereocenters. The van der Waals surface area contributed by atoms with Gasteiger partial charge in [-0.3, -0.25) is 14.9 Å². The molecule has 0 aliphatic rings. The molecule has 0 saturated carbocycles. The smallest absolute Gasteiger partial charge is 0.309 e. The van der Waals surface area contributed by atoms with Crippen LogP contribution in [0.1, 0.15) is 38.3 Å². The van der Waals surface area contributed by atoms with Gasteiger partial charge in [0.05, 0.1) is 24.1 Å². The number of halogens is 1. The van der Waals surface area contributed by atoms with Gasteiger partial charge in [0.15, 0.2) is 0 Å². The van der Waals surface area contributed by atoms with Crippen molar-refractivity contribution in [3.8, 4) is 0 Å². The summed E-state index contributed by atoms with van der Waals surface area (Å²) in [5, 5.41) is 14.8. The number of carbonyl (C=O) groups is 1. The lowest BCUT2D eigenvalue weighted by Crippen LogP contribution is -2.29. The van der Waals surface area contributed by atoms with Gasteiger partial charge >= 0.3 is 5.97 Å². The number of carbonyl (C=O) groups excluding carboxylic acids is 1. The van der Waals surface area contributed by atoms with Crippen molar-refractivity contribution < 1.29 is 18.8 Å². The quantitative estimate of drug-likeness (QED) is 0.416. The molecule has 0 aliphatic heterocycles. The zero-order valence-corrected chi connectivity index (χ0v) is 12.4. The summed E-state index contributed by atoms with van der Waals surface area (Å²) in [6.45, 7) is 3.25. The molecule has 1 rings (SSSR count). The van der Waals surface area contributed by atoms with Crippen molar-refractivity contribution in [3.05, 3.63) is 27.8 Å². The maximum Gasteiger partial charge on any atom is 0.309 e. The normalized spacial score (nSPS) is 13.7. The van der Waals surface area contributed by atoms with E-state index in [1.807, 2.05) is 6.92 Å². The Morgan fingerprint density at radius 3 is 2.67 bits per heavy atom. The molecule has 0 radical (unpaired) electrons. The Bertz CT molecular complexity index is 484. The van der Waals surface area contributed by atoms with Crippen LogP contribution < -0.4 is 0 Å². The monoisotopic (exact) mass is 301 g/mol.